The van der Waals surface area contributed by atoms with Gasteiger partial charge in [0.05, 0.1) is 18.9 Å². The lowest BCUT2D eigenvalue weighted by Gasteiger charge is -2.21. The van der Waals surface area contributed by atoms with E-state index in [4.69, 9.17) is 21.1 Å². The highest BCUT2D eigenvalue weighted by atomic mass is 35.5. The second kappa shape index (κ2) is 6.49. The van der Waals surface area contributed by atoms with Crippen LogP contribution in [0.4, 0.5) is 0 Å². The first-order chi connectivity index (χ1) is 11.5. The highest BCUT2D eigenvalue weighted by molar-refractivity contribution is 6.30. The van der Waals surface area contributed by atoms with Crippen molar-refractivity contribution in [1.29, 1.82) is 0 Å². The van der Waals surface area contributed by atoms with Crippen molar-refractivity contribution in [2.24, 2.45) is 0 Å². The molecule has 124 valence electrons. The van der Waals surface area contributed by atoms with Gasteiger partial charge in [-0.2, -0.15) is 0 Å². The highest BCUT2D eigenvalue weighted by Crippen LogP contribution is 2.47. The largest absolute Gasteiger partial charge is 0.469 e. The number of esters is 1. The summed E-state index contributed by atoms with van der Waals surface area (Å²) in [6, 6.07) is 11.9. The predicted molar refractivity (Wildman–Crippen MR) is 87.3 cm³/mol. The lowest BCUT2D eigenvalue weighted by Crippen LogP contribution is -2.26. The van der Waals surface area contributed by atoms with Gasteiger partial charge in [-0.25, -0.2) is 0 Å². The number of hydrogen-bond acceptors (Lipinski definition) is 5. The SMILES string of the molecule is COC(=O)C1c2ccccc2Oc2ccc(Cl)cc2C1C[N+](=O)[O-]. The van der Waals surface area contributed by atoms with Crippen molar-refractivity contribution >= 4 is 17.6 Å². The number of rotatable bonds is 3. The minimum atomic E-state index is -0.851. The van der Waals surface area contributed by atoms with Gasteiger partial charge >= 0.3 is 5.97 Å². The molecule has 1 aliphatic rings. The summed E-state index contributed by atoms with van der Waals surface area (Å²) in [4.78, 5) is 23.2. The van der Waals surface area contributed by atoms with Crippen molar-refractivity contribution in [2.45, 2.75) is 11.8 Å². The lowest BCUT2D eigenvalue weighted by atomic mass is 9.81. The Morgan fingerprint density at radius 1 is 1.25 bits per heavy atom. The number of nitro groups is 1. The number of carbonyl (C=O) groups excluding carboxylic acids is 1. The van der Waals surface area contributed by atoms with Gasteiger partial charge < -0.3 is 9.47 Å². The summed E-state index contributed by atoms with van der Waals surface area (Å²) in [5.41, 5.74) is 1.08. The molecule has 0 aliphatic carbocycles. The normalized spacial score (nSPS) is 18.6. The number of carbonyl (C=O) groups is 1. The first-order valence-corrected chi connectivity index (χ1v) is 7.65. The van der Waals surface area contributed by atoms with Crippen LogP contribution in [-0.4, -0.2) is 24.5 Å². The van der Waals surface area contributed by atoms with Gasteiger partial charge in [0, 0.05) is 21.1 Å². The standard InChI is InChI=1S/C17H14ClNO5/c1-23-17(20)16-11-4-2-3-5-14(11)24-15-7-6-10(18)8-12(15)13(16)9-19(21)22/h2-8,13,16H,9H2,1H3. The van der Waals surface area contributed by atoms with Crippen molar-refractivity contribution in [1.82, 2.24) is 0 Å². The Balaban J connectivity index is 2.26. The van der Waals surface area contributed by atoms with Gasteiger partial charge in [0.15, 0.2) is 0 Å². The first-order valence-electron chi connectivity index (χ1n) is 7.27. The maximum absolute atomic E-state index is 12.4. The Labute approximate surface area is 143 Å². The van der Waals surface area contributed by atoms with Gasteiger partial charge in [-0.1, -0.05) is 29.8 Å². The molecule has 2 aromatic carbocycles. The molecular formula is C17H14ClNO5. The topological polar surface area (TPSA) is 78.7 Å². The number of hydrogen-bond donors (Lipinski definition) is 0. The number of para-hydroxylation sites is 1. The molecule has 3 rings (SSSR count). The smallest absolute Gasteiger partial charge is 0.314 e. The Bertz CT molecular complexity index is 807. The summed E-state index contributed by atoms with van der Waals surface area (Å²) >= 11 is 6.06. The molecule has 0 spiro atoms. The number of fused-ring (bicyclic) bond motifs is 2. The quantitative estimate of drug-likeness (QED) is 0.480. The van der Waals surface area contributed by atoms with Gasteiger partial charge in [0.2, 0.25) is 6.54 Å². The molecule has 0 bridgehead atoms. The van der Waals surface area contributed by atoms with Gasteiger partial charge in [-0.3, -0.25) is 14.9 Å². The minimum absolute atomic E-state index is 0.417. The molecule has 1 aliphatic heterocycles. The van der Waals surface area contributed by atoms with E-state index in [1.807, 2.05) is 0 Å². The van der Waals surface area contributed by atoms with Crippen LogP contribution in [0.5, 0.6) is 11.5 Å². The molecule has 0 fully saturated rings. The van der Waals surface area contributed by atoms with E-state index in [0.717, 1.165) is 0 Å². The maximum Gasteiger partial charge on any atom is 0.314 e. The van der Waals surface area contributed by atoms with Gasteiger partial charge in [0.25, 0.3) is 0 Å². The summed E-state index contributed by atoms with van der Waals surface area (Å²) in [6.07, 6.45) is 0. The molecular weight excluding hydrogens is 334 g/mol. The predicted octanol–water partition coefficient (Wildman–Crippen LogP) is 3.76. The van der Waals surface area contributed by atoms with Crippen LogP contribution >= 0.6 is 11.6 Å². The van der Waals surface area contributed by atoms with Crippen LogP contribution in [0.25, 0.3) is 0 Å². The van der Waals surface area contributed by atoms with Crippen LogP contribution in [0.15, 0.2) is 42.5 Å². The van der Waals surface area contributed by atoms with E-state index in [9.17, 15) is 14.9 Å². The van der Waals surface area contributed by atoms with E-state index in [2.05, 4.69) is 0 Å². The number of nitrogens with zero attached hydrogens (tertiary/aromatic N) is 1. The molecule has 0 aromatic heterocycles. The zero-order valence-electron chi connectivity index (χ0n) is 12.8. The third-order valence-corrected chi connectivity index (χ3v) is 4.28. The van der Waals surface area contributed by atoms with Crippen molar-refractivity contribution in [3.63, 3.8) is 0 Å². The van der Waals surface area contributed by atoms with Gasteiger partial charge in [-0.15, -0.1) is 0 Å². The number of halogens is 1. The van der Waals surface area contributed by atoms with E-state index < -0.39 is 29.3 Å². The Morgan fingerprint density at radius 3 is 2.67 bits per heavy atom. The molecule has 1 heterocycles. The third-order valence-electron chi connectivity index (χ3n) is 4.05. The molecule has 7 heteroatoms. The second-order valence-electron chi connectivity index (χ2n) is 5.44. The Kier molecular flexibility index (Phi) is 4.40. The Morgan fingerprint density at radius 2 is 1.96 bits per heavy atom. The molecule has 0 amide bonds. The summed E-state index contributed by atoms with van der Waals surface area (Å²) in [7, 11) is 1.26. The van der Waals surface area contributed by atoms with Crippen molar-refractivity contribution < 1.29 is 19.2 Å². The van der Waals surface area contributed by atoms with Crippen LogP contribution in [0.2, 0.25) is 5.02 Å². The molecule has 2 aromatic rings. The van der Waals surface area contributed by atoms with E-state index in [0.29, 0.717) is 27.6 Å². The van der Waals surface area contributed by atoms with Crippen LogP contribution in [-0.2, 0) is 9.53 Å². The summed E-state index contributed by atoms with van der Waals surface area (Å²) in [6.45, 7) is -0.440. The van der Waals surface area contributed by atoms with Crippen molar-refractivity contribution in [3.8, 4) is 11.5 Å². The highest BCUT2D eigenvalue weighted by Gasteiger charge is 2.41. The van der Waals surface area contributed by atoms with Crippen molar-refractivity contribution in [3.05, 3.63) is 68.7 Å². The van der Waals surface area contributed by atoms with Crippen LogP contribution in [0.1, 0.15) is 23.0 Å². The number of methoxy groups -OCH3 is 1. The molecule has 24 heavy (non-hydrogen) atoms. The average molecular weight is 348 g/mol. The number of ether oxygens (including phenoxy) is 2. The molecule has 6 nitrogen and oxygen atoms in total. The van der Waals surface area contributed by atoms with E-state index >= 15 is 0 Å². The fourth-order valence-electron chi connectivity index (χ4n) is 3.03. The number of benzene rings is 2. The summed E-state index contributed by atoms with van der Waals surface area (Å²) in [5, 5.41) is 11.6. The zero-order valence-corrected chi connectivity index (χ0v) is 13.5. The fraction of sp³-hybridized carbons (Fsp3) is 0.235. The molecule has 2 atom stereocenters. The van der Waals surface area contributed by atoms with E-state index in [1.54, 1.807) is 42.5 Å². The minimum Gasteiger partial charge on any atom is -0.469 e. The van der Waals surface area contributed by atoms with Crippen molar-refractivity contribution in [2.75, 3.05) is 13.7 Å². The molecule has 0 radical (unpaired) electrons. The second-order valence-corrected chi connectivity index (χ2v) is 5.88. The van der Waals surface area contributed by atoms with Crippen LogP contribution < -0.4 is 4.74 Å². The molecule has 0 N–H and O–H groups in total. The van der Waals surface area contributed by atoms with Gasteiger partial charge in [-0.05, 0) is 24.3 Å². The molecule has 0 saturated carbocycles. The molecule has 2 unspecified atom stereocenters. The average Bonchev–Trinajstić information content (AvgIpc) is 2.68. The zero-order chi connectivity index (χ0) is 17.3. The fourth-order valence-corrected chi connectivity index (χ4v) is 3.21. The third kappa shape index (κ3) is 2.92. The van der Waals surface area contributed by atoms with Crippen LogP contribution in [0, 0.1) is 10.1 Å². The van der Waals surface area contributed by atoms with Gasteiger partial charge in [0.1, 0.15) is 11.5 Å². The van der Waals surface area contributed by atoms with E-state index in [1.165, 1.54) is 7.11 Å². The van der Waals surface area contributed by atoms with E-state index in [-0.39, 0.29) is 0 Å². The first kappa shape index (κ1) is 16.3. The Hall–Kier alpha value is -2.60. The summed E-state index contributed by atoms with van der Waals surface area (Å²) < 4.78 is 10.8. The summed E-state index contributed by atoms with van der Waals surface area (Å²) in [5.74, 6) is -1.22. The van der Waals surface area contributed by atoms with Crippen LogP contribution in [0.3, 0.4) is 0 Å². The lowest BCUT2D eigenvalue weighted by molar-refractivity contribution is -0.483. The monoisotopic (exact) mass is 347 g/mol. The maximum atomic E-state index is 12.4. The molecule has 0 saturated heterocycles.